The zero-order valence-corrected chi connectivity index (χ0v) is 16.4. The van der Waals surface area contributed by atoms with Crippen LogP contribution in [0.5, 0.6) is 0 Å². The summed E-state index contributed by atoms with van der Waals surface area (Å²) in [5, 5.41) is 0.837. The fourth-order valence-corrected chi connectivity index (χ4v) is 6.39. The first-order valence-electron chi connectivity index (χ1n) is 10.5. The molecule has 2 aliphatic carbocycles. The average Bonchev–Trinajstić information content (AvgIpc) is 3.28. The quantitative estimate of drug-likeness (QED) is 0.691. The lowest BCUT2D eigenvalue weighted by molar-refractivity contribution is -0.0228. The molecule has 3 N–H and O–H groups in total. The molecule has 4 rings (SSSR count). The molecule has 0 aromatic carbocycles. The molecule has 0 aromatic heterocycles. The fourth-order valence-electron chi connectivity index (χ4n) is 5.12. The highest BCUT2D eigenvalue weighted by Crippen LogP contribution is 2.37. The van der Waals surface area contributed by atoms with Crippen molar-refractivity contribution in [3.63, 3.8) is 0 Å². The van der Waals surface area contributed by atoms with Gasteiger partial charge in [-0.2, -0.15) is 17.2 Å². The number of ether oxygens (including phenoxy) is 1. The molecule has 6 heteroatoms. The number of hydrogen-bond donors (Lipinski definition) is 3. The summed E-state index contributed by atoms with van der Waals surface area (Å²) in [6.45, 7) is 2.18. The van der Waals surface area contributed by atoms with E-state index in [1.165, 1.54) is 64.2 Å². The number of rotatable bonds is 5. The summed E-state index contributed by atoms with van der Waals surface area (Å²) in [5.74, 6) is 2.14. The number of hydrazine groups is 1. The number of hydroxylamine groups is 1. The second kappa shape index (κ2) is 8.89. The van der Waals surface area contributed by atoms with Gasteiger partial charge in [0.1, 0.15) is 12.5 Å². The first-order valence-corrected chi connectivity index (χ1v) is 11.6. The molecule has 25 heavy (non-hydrogen) atoms. The predicted molar refractivity (Wildman–Crippen MR) is 102 cm³/mol. The van der Waals surface area contributed by atoms with Crippen molar-refractivity contribution in [3.8, 4) is 0 Å². The summed E-state index contributed by atoms with van der Waals surface area (Å²) in [7, 11) is 0. The van der Waals surface area contributed by atoms with Crippen LogP contribution in [-0.2, 0) is 9.57 Å². The Bertz CT molecular complexity index is 415. The second-order valence-corrected chi connectivity index (χ2v) is 9.70. The molecule has 2 saturated carbocycles. The standard InChI is InChI=1S/C19H35N3O2S/c1-13-17(18(22-24-13)14-8-4-2-5-9-14)19-21-20-16(23-19)12-25-15-10-6-3-7-11-15/h13-22H,2-12H2,1H3. The van der Waals surface area contributed by atoms with Crippen LogP contribution < -0.4 is 16.3 Å². The van der Waals surface area contributed by atoms with Crippen molar-refractivity contribution in [2.75, 3.05) is 5.75 Å². The SMILES string of the molecule is CC1ONC(C2CCCCC2)C1C1NNC(CSC2CCCCC2)O1. The van der Waals surface area contributed by atoms with Gasteiger partial charge in [-0.1, -0.05) is 38.5 Å². The van der Waals surface area contributed by atoms with E-state index in [-0.39, 0.29) is 18.6 Å². The first kappa shape index (κ1) is 18.5. The Hall–Kier alpha value is 0.150. The van der Waals surface area contributed by atoms with Gasteiger partial charge in [0.25, 0.3) is 0 Å². The maximum absolute atomic E-state index is 6.36. The summed E-state index contributed by atoms with van der Waals surface area (Å²) in [6.07, 6.45) is 14.1. The summed E-state index contributed by atoms with van der Waals surface area (Å²) in [4.78, 5) is 5.83. The van der Waals surface area contributed by atoms with Crippen LogP contribution in [0.4, 0.5) is 0 Å². The van der Waals surface area contributed by atoms with Gasteiger partial charge in [-0.3, -0.25) is 4.84 Å². The highest BCUT2D eigenvalue weighted by Gasteiger charge is 2.46. The first-order chi connectivity index (χ1) is 12.3. The Morgan fingerprint density at radius 3 is 2.40 bits per heavy atom. The van der Waals surface area contributed by atoms with Crippen molar-refractivity contribution in [3.05, 3.63) is 0 Å². The maximum atomic E-state index is 6.36. The van der Waals surface area contributed by atoms with E-state index < -0.39 is 0 Å². The van der Waals surface area contributed by atoms with Crippen LogP contribution in [0.15, 0.2) is 0 Å². The smallest absolute Gasteiger partial charge is 0.131 e. The van der Waals surface area contributed by atoms with E-state index in [0.29, 0.717) is 12.0 Å². The highest BCUT2D eigenvalue weighted by molar-refractivity contribution is 7.99. The molecule has 2 aliphatic heterocycles. The maximum Gasteiger partial charge on any atom is 0.131 e. The second-order valence-electron chi connectivity index (χ2n) is 8.37. The topological polar surface area (TPSA) is 54.5 Å². The van der Waals surface area contributed by atoms with Gasteiger partial charge in [-0.05, 0) is 38.5 Å². The van der Waals surface area contributed by atoms with Gasteiger partial charge in [0, 0.05) is 23.0 Å². The van der Waals surface area contributed by atoms with Crippen LogP contribution >= 0.6 is 11.8 Å². The largest absolute Gasteiger partial charge is 0.341 e. The number of thioether (sulfide) groups is 1. The average molecular weight is 370 g/mol. The third-order valence-corrected chi connectivity index (χ3v) is 8.02. The molecule has 0 radical (unpaired) electrons. The van der Waals surface area contributed by atoms with Gasteiger partial charge in [0.2, 0.25) is 0 Å². The van der Waals surface area contributed by atoms with E-state index in [0.717, 1.165) is 16.9 Å². The summed E-state index contributed by atoms with van der Waals surface area (Å²) < 4.78 is 6.36. The Balaban J connectivity index is 1.28. The van der Waals surface area contributed by atoms with Gasteiger partial charge in [0.05, 0.1) is 6.10 Å². The third-order valence-electron chi connectivity index (χ3n) is 6.59. The van der Waals surface area contributed by atoms with Crippen LogP contribution in [0, 0.1) is 11.8 Å². The van der Waals surface area contributed by atoms with E-state index in [1.54, 1.807) is 0 Å². The van der Waals surface area contributed by atoms with Crippen molar-refractivity contribution in [2.45, 2.75) is 101 Å². The Morgan fingerprint density at radius 2 is 1.64 bits per heavy atom. The molecule has 4 aliphatic rings. The monoisotopic (exact) mass is 369 g/mol. The van der Waals surface area contributed by atoms with Crippen molar-refractivity contribution in [1.29, 1.82) is 0 Å². The molecular weight excluding hydrogens is 334 g/mol. The molecule has 5 unspecified atom stereocenters. The molecule has 2 heterocycles. The van der Waals surface area contributed by atoms with Crippen molar-refractivity contribution >= 4 is 11.8 Å². The zero-order chi connectivity index (χ0) is 17.1. The van der Waals surface area contributed by atoms with Crippen LogP contribution in [0.25, 0.3) is 0 Å². The molecule has 5 atom stereocenters. The lowest BCUT2D eigenvalue weighted by Crippen LogP contribution is -2.47. The Morgan fingerprint density at radius 1 is 0.920 bits per heavy atom. The molecule has 0 aromatic rings. The van der Waals surface area contributed by atoms with E-state index in [9.17, 15) is 0 Å². The summed E-state index contributed by atoms with van der Waals surface area (Å²) >= 11 is 2.09. The number of hydrogen-bond acceptors (Lipinski definition) is 6. The van der Waals surface area contributed by atoms with E-state index in [1.807, 2.05) is 0 Å². The van der Waals surface area contributed by atoms with E-state index in [4.69, 9.17) is 9.57 Å². The predicted octanol–water partition coefficient (Wildman–Crippen LogP) is 3.32. The van der Waals surface area contributed by atoms with Crippen molar-refractivity contribution in [2.24, 2.45) is 11.8 Å². The molecule has 2 saturated heterocycles. The lowest BCUT2D eigenvalue weighted by Gasteiger charge is -2.33. The molecule has 5 nitrogen and oxygen atoms in total. The molecule has 144 valence electrons. The molecular formula is C19H35N3O2S. The van der Waals surface area contributed by atoms with Gasteiger partial charge in [0.15, 0.2) is 0 Å². The van der Waals surface area contributed by atoms with Gasteiger partial charge >= 0.3 is 0 Å². The molecule has 0 bridgehead atoms. The van der Waals surface area contributed by atoms with Gasteiger partial charge < -0.3 is 4.74 Å². The minimum absolute atomic E-state index is 0.0499. The minimum Gasteiger partial charge on any atom is -0.341 e. The Kier molecular flexibility index (Phi) is 6.58. The highest BCUT2D eigenvalue weighted by atomic mass is 32.2. The molecule has 4 fully saturated rings. The zero-order valence-electron chi connectivity index (χ0n) is 15.5. The van der Waals surface area contributed by atoms with Gasteiger partial charge in [-0.25, -0.2) is 10.9 Å². The minimum atomic E-state index is 0.0499. The summed E-state index contributed by atoms with van der Waals surface area (Å²) in [6, 6.07) is 0.416. The van der Waals surface area contributed by atoms with E-state index >= 15 is 0 Å². The van der Waals surface area contributed by atoms with Gasteiger partial charge in [-0.15, -0.1) is 0 Å². The fraction of sp³-hybridized carbons (Fsp3) is 1.00. The van der Waals surface area contributed by atoms with E-state index in [2.05, 4.69) is 35.0 Å². The molecule has 0 spiro atoms. The summed E-state index contributed by atoms with van der Waals surface area (Å²) in [5.41, 5.74) is 10.2. The van der Waals surface area contributed by atoms with Crippen molar-refractivity contribution < 1.29 is 9.57 Å². The van der Waals surface area contributed by atoms with Crippen LogP contribution in [0.2, 0.25) is 0 Å². The lowest BCUT2D eigenvalue weighted by atomic mass is 9.77. The van der Waals surface area contributed by atoms with Crippen LogP contribution in [0.1, 0.15) is 71.1 Å². The van der Waals surface area contributed by atoms with Crippen LogP contribution in [-0.4, -0.2) is 35.6 Å². The van der Waals surface area contributed by atoms with Crippen molar-refractivity contribution in [1.82, 2.24) is 16.3 Å². The normalized spacial score (nSPS) is 41.4. The van der Waals surface area contributed by atoms with Crippen LogP contribution in [0.3, 0.4) is 0 Å². The molecule has 0 amide bonds. The Labute approximate surface area is 156 Å². The third kappa shape index (κ3) is 4.53. The number of nitrogens with one attached hydrogen (secondary N) is 3.